The average molecular weight is 330 g/mol. The number of thiazole rings is 1. The topological polar surface area (TPSA) is 61.4 Å². The molecule has 1 aromatic carbocycles. The first kappa shape index (κ1) is 15.5. The summed E-state index contributed by atoms with van der Waals surface area (Å²) in [5, 5.41) is 4.21. The maximum Gasteiger partial charge on any atom is 0.300 e. The predicted octanol–water partition coefficient (Wildman–Crippen LogP) is 2.69. The second-order valence-corrected chi connectivity index (χ2v) is 5.95. The van der Waals surface area contributed by atoms with E-state index in [1.807, 2.05) is 36.6 Å². The minimum absolute atomic E-state index is 0.321. The van der Waals surface area contributed by atoms with Crippen molar-refractivity contribution in [2.24, 2.45) is 4.99 Å². The molecule has 120 valence electrons. The van der Waals surface area contributed by atoms with Crippen LogP contribution in [0.25, 0.3) is 10.2 Å². The minimum atomic E-state index is -0.321. The van der Waals surface area contributed by atoms with Gasteiger partial charge in [-0.2, -0.15) is 10.1 Å². The van der Waals surface area contributed by atoms with Crippen molar-refractivity contribution in [1.82, 2.24) is 14.3 Å². The lowest BCUT2D eigenvalue weighted by atomic mass is 10.3. The van der Waals surface area contributed by atoms with Gasteiger partial charge >= 0.3 is 0 Å². The first-order valence-electron chi connectivity index (χ1n) is 7.46. The van der Waals surface area contributed by atoms with Crippen molar-refractivity contribution in [3.05, 3.63) is 41.0 Å². The molecule has 0 saturated heterocycles. The summed E-state index contributed by atoms with van der Waals surface area (Å²) in [5.41, 5.74) is 1.41. The Labute approximate surface area is 137 Å². The third-order valence-corrected chi connectivity index (χ3v) is 4.63. The zero-order chi connectivity index (χ0) is 16.4. The number of rotatable bonds is 4. The normalized spacial score (nSPS) is 12.0. The molecule has 3 rings (SSSR count). The molecule has 2 heterocycles. The van der Waals surface area contributed by atoms with E-state index in [0.717, 1.165) is 29.1 Å². The van der Waals surface area contributed by atoms with Crippen LogP contribution in [0.1, 0.15) is 24.3 Å². The Morgan fingerprint density at radius 3 is 2.78 bits per heavy atom. The Bertz CT molecular complexity index is 920. The number of benzene rings is 1. The van der Waals surface area contributed by atoms with Gasteiger partial charge in [-0.1, -0.05) is 11.3 Å². The van der Waals surface area contributed by atoms with Crippen molar-refractivity contribution in [2.45, 2.75) is 26.9 Å². The molecule has 0 aliphatic heterocycles. The summed E-state index contributed by atoms with van der Waals surface area (Å²) in [6.45, 7) is 5.47. The van der Waals surface area contributed by atoms with Crippen molar-refractivity contribution >= 4 is 27.5 Å². The number of ether oxygens (including phenoxy) is 1. The van der Waals surface area contributed by atoms with E-state index >= 15 is 0 Å². The molecule has 0 unspecified atom stereocenters. The van der Waals surface area contributed by atoms with Crippen molar-refractivity contribution in [3.63, 3.8) is 0 Å². The fourth-order valence-corrected chi connectivity index (χ4v) is 3.49. The predicted molar refractivity (Wildman–Crippen MR) is 89.8 cm³/mol. The molecule has 23 heavy (non-hydrogen) atoms. The number of hydrogen-bond acceptors (Lipinski definition) is 4. The highest BCUT2D eigenvalue weighted by Gasteiger charge is 2.11. The van der Waals surface area contributed by atoms with Crippen LogP contribution in [0.5, 0.6) is 5.75 Å². The van der Waals surface area contributed by atoms with Crippen molar-refractivity contribution in [1.29, 1.82) is 0 Å². The van der Waals surface area contributed by atoms with Crippen LogP contribution in [-0.2, 0) is 13.1 Å². The van der Waals surface area contributed by atoms with Crippen LogP contribution in [-0.4, -0.2) is 27.4 Å². The number of nitrogens with zero attached hydrogens (tertiary/aromatic N) is 4. The SMILES string of the molecule is CCn1ccc(C(=O)N=c2sc3cc(OC)ccc3n2CC)n1. The van der Waals surface area contributed by atoms with Gasteiger partial charge in [0.1, 0.15) is 5.75 Å². The van der Waals surface area contributed by atoms with E-state index in [2.05, 4.69) is 10.1 Å². The number of carbonyl (C=O) groups excluding carboxylic acids is 1. The van der Waals surface area contributed by atoms with E-state index in [0.29, 0.717) is 10.5 Å². The largest absolute Gasteiger partial charge is 0.497 e. The van der Waals surface area contributed by atoms with Gasteiger partial charge in [0.2, 0.25) is 0 Å². The van der Waals surface area contributed by atoms with E-state index in [1.54, 1.807) is 24.1 Å². The molecule has 3 aromatic rings. The van der Waals surface area contributed by atoms with Crippen LogP contribution < -0.4 is 9.54 Å². The standard InChI is InChI=1S/C16H18N4O2S/c1-4-19-9-8-12(18-19)15(21)17-16-20(5-2)13-7-6-11(22-3)10-14(13)23-16/h6-10H,4-5H2,1-3H3. The lowest BCUT2D eigenvalue weighted by Crippen LogP contribution is -2.16. The van der Waals surface area contributed by atoms with Gasteiger partial charge in [0.05, 0.1) is 17.3 Å². The number of methoxy groups -OCH3 is 1. The van der Waals surface area contributed by atoms with Crippen LogP contribution in [0.15, 0.2) is 35.5 Å². The third-order valence-electron chi connectivity index (χ3n) is 3.59. The summed E-state index contributed by atoms with van der Waals surface area (Å²) in [7, 11) is 1.64. The molecular weight excluding hydrogens is 312 g/mol. The summed E-state index contributed by atoms with van der Waals surface area (Å²) in [4.78, 5) is 17.3. The van der Waals surface area contributed by atoms with Crippen LogP contribution in [0.3, 0.4) is 0 Å². The summed E-state index contributed by atoms with van der Waals surface area (Å²) < 4.78 is 10.0. The van der Waals surface area contributed by atoms with Crippen LogP contribution in [0, 0.1) is 0 Å². The monoisotopic (exact) mass is 330 g/mol. The number of fused-ring (bicyclic) bond motifs is 1. The lowest BCUT2D eigenvalue weighted by molar-refractivity contribution is 0.0992. The molecule has 0 atom stereocenters. The molecule has 0 aliphatic rings. The Hall–Kier alpha value is -2.41. The Morgan fingerprint density at radius 1 is 1.30 bits per heavy atom. The van der Waals surface area contributed by atoms with Gasteiger partial charge in [-0.25, -0.2) is 0 Å². The van der Waals surface area contributed by atoms with Crippen molar-refractivity contribution in [2.75, 3.05) is 7.11 Å². The number of aromatic nitrogens is 3. The number of carbonyl (C=O) groups is 1. The Kier molecular flexibility index (Phi) is 4.29. The maximum atomic E-state index is 12.3. The van der Waals surface area contributed by atoms with Gasteiger partial charge in [0.25, 0.3) is 5.91 Å². The van der Waals surface area contributed by atoms with Gasteiger partial charge in [-0.3, -0.25) is 9.48 Å². The van der Waals surface area contributed by atoms with Crippen molar-refractivity contribution < 1.29 is 9.53 Å². The Balaban J connectivity index is 2.08. The fourth-order valence-electron chi connectivity index (χ4n) is 2.37. The van der Waals surface area contributed by atoms with Crippen molar-refractivity contribution in [3.8, 4) is 5.75 Å². The smallest absolute Gasteiger partial charge is 0.300 e. The van der Waals surface area contributed by atoms with Crippen LogP contribution in [0.4, 0.5) is 0 Å². The lowest BCUT2D eigenvalue weighted by Gasteiger charge is -2.01. The zero-order valence-corrected chi connectivity index (χ0v) is 14.1. The van der Waals surface area contributed by atoms with E-state index in [-0.39, 0.29) is 5.91 Å². The summed E-state index contributed by atoms with van der Waals surface area (Å²) in [6.07, 6.45) is 1.78. The molecule has 0 radical (unpaired) electrons. The van der Waals surface area contributed by atoms with Gasteiger partial charge in [0, 0.05) is 19.3 Å². The molecule has 0 fully saturated rings. The molecule has 1 amide bonds. The molecular formula is C16H18N4O2S. The molecule has 0 spiro atoms. The van der Waals surface area contributed by atoms with E-state index in [4.69, 9.17) is 4.74 Å². The van der Waals surface area contributed by atoms with E-state index < -0.39 is 0 Å². The van der Waals surface area contributed by atoms with Gasteiger partial charge in [-0.15, -0.1) is 0 Å². The highest BCUT2D eigenvalue weighted by atomic mass is 32.1. The summed E-state index contributed by atoms with van der Waals surface area (Å²) in [6, 6.07) is 7.56. The molecule has 0 aliphatic carbocycles. The second kappa shape index (κ2) is 6.37. The highest BCUT2D eigenvalue weighted by Crippen LogP contribution is 2.23. The molecule has 0 saturated carbocycles. The molecule has 0 N–H and O–H groups in total. The summed E-state index contributed by atoms with van der Waals surface area (Å²) in [5.74, 6) is 0.472. The van der Waals surface area contributed by atoms with Crippen LogP contribution >= 0.6 is 11.3 Å². The summed E-state index contributed by atoms with van der Waals surface area (Å²) >= 11 is 1.47. The molecule has 0 bridgehead atoms. The first-order chi connectivity index (χ1) is 11.2. The van der Waals surface area contributed by atoms with E-state index in [1.165, 1.54) is 11.3 Å². The number of amides is 1. The second-order valence-electron chi connectivity index (χ2n) is 4.94. The fraction of sp³-hybridized carbons (Fsp3) is 0.312. The van der Waals surface area contributed by atoms with Gasteiger partial charge in [0.15, 0.2) is 10.5 Å². The highest BCUT2D eigenvalue weighted by molar-refractivity contribution is 7.16. The average Bonchev–Trinajstić information content (AvgIpc) is 3.17. The quantitative estimate of drug-likeness (QED) is 0.739. The zero-order valence-electron chi connectivity index (χ0n) is 13.3. The van der Waals surface area contributed by atoms with Gasteiger partial charge < -0.3 is 9.30 Å². The number of hydrogen-bond donors (Lipinski definition) is 0. The third kappa shape index (κ3) is 2.92. The number of aryl methyl sites for hydroxylation is 2. The minimum Gasteiger partial charge on any atom is -0.497 e. The first-order valence-corrected chi connectivity index (χ1v) is 8.27. The van der Waals surface area contributed by atoms with Crippen LogP contribution in [0.2, 0.25) is 0 Å². The van der Waals surface area contributed by atoms with E-state index in [9.17, 15) is 4.79 Å². The molecule has 2 aromatic heterocycles. The van der Waals surface area contributed by atoms with Gasteiger partial charge in [-0.05, 0) is 38.1 Å². The maximum absolute atomic E-state index is 12.3. The molecule has 6 nitrogen and oxygen atoms in total. The Morgan fingerprint density at radius 2 is 2.13 bits per heavy atom. The molecule has 7 heteroatoms.